The quantitative estimate of drug-likeness (QED) is 0.717. The molecule has 0 spiro atoms. The lowest BCUT2D eigenvalue weighted by atomic mass is 10.1. The van der Waals surface area contributed by atoms with Crippen LogP contribution in [-0.4, -0.2) is 29.9 Å². The largest absolute Gasteiger partial charge is 0.305 e. The van der Waals surface area contributed by atoms with Crippen LogP contribution in [0.25, 0.3) is 0 Å². The van der Waals surface area contributed by atoms with Gasteiger partial charge in [0.25, 0.3) is 0 Å². The van der Waals surface area contributed by atoms with Gasteiger partial charge < -0.3 is 4.90 Å². The van der Waals surface area contributed by atoms with E-state index < -0.39 is 0 Å². The summed E-state index contributed by atoms with van der Waals surface area (Å²) in [4.78, 5) is 2.96. The van der Waals surface area contributed by atoms with E-state index in [0.29, 0.717) is 4.83 Å². The predicted molar refractivity (Wildman–Crippen MR) is 70.6 cm³/mol. The fourth-order valence-corrected chi connectivity index (χ4v) is 2.21. The maximum atomic E-state index is 3.57. The summed E-state index contributed by atoms with van der Waals surface area (Å²) in [5.41, 5.74) is 1.44. The van der Waals surface area contributed by atoms with Crippen LogP contribution >= 0.6 is 15.9 Å². The molecule has 1 aromatic rings. The molecule has 1 nitrogen and oxygen atoms in total. The Labute approximate surface area is 102 Å². The minimum absolute atomic E-state index is 0.583. The summed E-state index contributed by atoms with van der Waals surface area (Å²) in [7, 11) is 2.18. The molecule has 84 valence electrons. The minimum Gasteiger partial charge on any atom is -0.305 e. The highest BCUT2D eigenvalue weighted by molar-refractivity contribution is 9.09. The van der Waals surface area contributed by atoms with Gasteiger partial charge in [-0.15, -0.1) is 0 Å². The van der Waals surface area contributed by atoms with Gasteiger partial charge in [0.2, 0.25) is 0 Å². The van der Waals surface area contributed by atoms with E-state index in [9.17, 15) is 0 Å². The molecule has 0 aliphatic carbocycles. The average Bonchev–Trinajstić information content (AvgIpc) is 2.18. The summed E-state index contributed by atoms with van der Waals surface area (Å²) in [6.07, 6.45) is 2.42. The van der Waals surface area contributed by atoms with Crippen LogP contribution in [0.15, 0.2) is 30.3 Å². The third-order valence-electron chi connectivity index (χ3n) is 2.41. The fourth-order valence-electron chi connectivity index (χ4n) is 1.72. The first-order chi connectivity index (χ1) is 7.18. The van der Waals surface area contributed by atoms with Crippen molar-refractivity contribution in [1.29, 1.82) is 0 Å². The zero-order valence-corrected chi connectivity index (χ0v) is 11.2. The Kier molecular flexibility index (Phi) is 5.96. The van der Waals surface area contributed by atoms with E-state index in [-0.39, 0.29) is 0 Å². The van der Waals surface area contributed by atoms with Gasteiger partial charge in [-0.05, 0) is 32.0 Å². The molecule has 0 aliphatic heterocycles. The van der Waals surface area contributed by atoms with E-state index in [0.717, 1.165) is 6.54 Å². The lowest BCUT2D eigenvalue weighted by Crippen LogP contribution is -2.25. The molecule has 2 heteroatoms. The maximum Gasteiger partial charge on any atom is 0.0244 e. The van der Waals surface area contributed by atoms with Crippen molar-refractivity contribution in [3.8, 4) is 0 Å². The van der Waals surface area contributed by atoms with Crippen LogP contribution in [0.4, 0.5) is 0 Å². The third-order valence-corrected chi connectivity index (χ3v) is 2.70. The van der Waals surface area contributed by atoms with Gasteiger partial charge in [-0.25, -0.2) is 0 Å². The van der Waals surface area contributed by atoms with Gasteiger partial charge in [0.05, 0.1) is 0 Å². The van der Waals surface area contributed by atoms with Crippen LogP contribution in [0.2, 0.25) is 0 Å². The number of rotatable bonds is 6. The number of hydrogen-bond acceptors (Lipinski definition) is 1. The summed E-state index contributed by atoms with van der Waals surface area (Å²) < 4.78 is 0. The van der Waals surface area contributed by atoms with Crippen LogP contribution in [0.1, 0.15) is 18.9 Å². The summed E-state index contributed by atoms with van der Waals surface area (Å²) in [5, 5.41) is 0. The summed E-state index contributed by atoms with van der Waals surface area (Å²) >= 11 is 3.57. The summed E-state index contributed by atoms with van der Waals surface area (Å²) in [6.45, 7) is 4.48. The SMILES string of the molecule is CC(Br)CN(C)CCCc1ccccc1. The topological polar surface area (TPSA) is 3.24 Å². The predicted octanol–water partition coefficient (Wildman–Crippen LogP) is 3.33. The van der Waals surface area contributed by atoms with Crippen molar-refractivity contribution in [1.82, 2.24) is 4.90 Å². The molecule has 1 atom stereocenters. The standard InChI is InChI=1S/C13H20BrN/c1-12(14)11-15(2)10-6-9-13-7-4-3-5-8-13/h3-5,7-8,12H,6,9-11H2,1-2H3. The van der Waals surface area contributed by atoms with Crippen LogP contribution < -0.4 is 0 Å². The Morgan fingerprint density at radius 1 is 1.27 bits per heavy atom. The van der Waals surface area contributed by atoms with Crippen molar-refractivity contribution in [3.63, 3.8) is 0 Å². The maximum absolute atomic E-state index is 3.57. The lowest BCUT2D eigenvalue weighted by molar-refractivity contribution is 0.335. The van der Waals surface area contributed by atoms with Gasteiger partial charge in [-0.1, -0.05) is 53.2 Å². The number of halogens is 1. The lowest BCUT2D eigenvalue weighted by Gasteiger charge is -2.17. The number of aryl methyl sites for hydroxylation is 1. The second-order valence-electron chi connectivity index (χ2n) is 4.13. The molecule has 1 unspecified atom stereocenters. The van der Waals surface area contributed by atoms with Gasteiger partial charge in [-0.2, -0.15) is 0 Å². The number of nitrogens with zero attached hydrogens (tertiary/aromatic N) is 1. The first kappa shape index (κ1) is 12.7. The number of hydrogen-bond donors (Lipinski definition) is 0. The van der Waals surface area contributed by atoms with E-state index in [2.05, 4.69) is 65.1 Å². The monoisotopic (exact) mass is 269 g/mol. The third kappa shape index (κ3) is 5.95. The van der Waals surface area contributed by atoms with Crippen LogP contribution in [0.3, 0.4) is 0 Å². The molecule has 0 heterocycles. The minimum atomic E-state index is 0.583. The molecule has 0 aliphatic rings. The molecule has 0 aromatic heterocycles. The van der Waals surface area contributed by atoms with E-state index in [1.165, 1.54) is 24.9 Å². The van der Waals surface area contributed by atoms with Gasteiger partial charge in [0.15, 0.2) is 0 Å². The van der Waals surface area contributed by atoms with Crippen molar-refractivity contribution in [3.05, 3.63) is 35.9 Å². The highest BCUT2D eigenvalue weighted by Gasteiger charge is 2.02. The molecule has 0 saturated carbocycles. The molecule has 15 heavy (non-hydrogen) atoms. The van der Waals surface area contributed by atoms with E-state index in [1.807, 2.05) is 0 Å². The van der Waals surface area contributed by atoms with Crippen LogP contribution in [-0.2, 0) is 6.42 Å². The van der Waals surface area contributed by atoms with E-state index in [1.54, 1.807) is 0 Å². The Morgan fingerprint density at radius 3 is 2.53 bits per heavy atom. The zero-order chi connectivity index (χ0) is 11.1. The number of alkyl halides is 1. The molecule has 1 rings (SSSR count). The highest BCUT2D eigenvalue weighted by Crippen LogP contribution is 2.04. The van der Waals surface area contributed by atoms with Crippen molar-refractivity contribution in [2.24, 2.45) is 0 Å². The molecular weight excluding hydrogens is 250 g/mol. The highest BCUT2D eigenvalue weighted by atomic mass is 79.9. The van der Waals surface area contributed by atoms with Gasteiger partial charge >= 0.3 is 0 Å². The Hall–Kier alpha value is -0.340. The molecule has 0 amide bonds. The van der Waals surface area contributed by atoms with E-state index >= 15 is 0 Å². The fraction of sp³-hybridized carbons (Fsp3) is 0.538. The van der Waals surface area contributed by atoms with Gasteiger partial charge in [0.1, 0.15) is 0 Å². The molecule has 0 radical (unpaired) electrons. The summed E-state index contributed by atoms with van der Waals surface area (Å²) in [5.74, 6) is 0. The Bertz CT molecular complexity index is 258. The first-order valence-corrected chi connectivity index (χ1v) is 6.46. The normalized spacial score (nSPS) is 13.1. The smallest absolute Gasteiger partial charge is 0.0244 e. The second-order valence-corrected chi connectivity index (χ2v) is 5.70. The Morgan fingerprint density at radius 2 is 1.93 bits per heavy atom. The molecule has 0 fully saturated rings. The van der Waals surface area contributed by atoms with Gasteiger partial charge in [0, 0.05) is 11.4 Å². The van der Waals surface area contributed by atoms with Crippen molar-refractivity contribution in [2.75, 3.05) is 20.1 Å². The molecule has 0 bridgehead atoms. The molecule has 0 saturated heterocycles. The zero-order valence-electron chi connectivity index (χ0n) is 9.62. The summed E-state index contributed by atoms with van der Waals surface area (Å²) in [6, 6.07) is 10.7. The van der Waals surface area contributed by atoms with E-state index in [4.69, 9.17) is 0 Å². The van der Waals surface area contributed by atoms with Crippen molar-refractivity contribution < 1.29 is 0 Å². The molecule has 0 N–H and O–H groups in total. The molecule has 1 aromatic carbocycles. The molecular formula is C13H20BrN. The average molecular weight is 270 g/mol. The van der Waals surface area contributed by atoms with Crippen molar-refractivity contribution in [2.45, 2.75) is 24.6 Å². The van der Waals surface area contributed by atoms with Crippen LogP contribution in [0, 0.1) is 0 Å². The Balaban J connectivity index is 2.16. The van der Waals surface area contributed by atoms with Gasteiger partial charge in [-0.3, -0.25) is 0 Å². The first-order valence-electron chi connectivity index (χ1n) is 5.55. The van der Waals surface area contributed by atoms with Crippen LogP contribution in [0.5, 0.6) is 0 Å². The second kappa shape index (κ2) is 7.02. The number of benzene rings is 1. The van der Waals surface area contributed by atoms with Crippen molar-refractivity contribution >= 4 is 15.9 Å².